The molecule has 156 valence electrons. The minimum absolute atomic E-state index is 0.123. The highest BCUT2D eigenvalue weighted by atomic mass is 16.8. The number of aliphatic hydroxyl groups is 2. The van der Waals surface area contributed by atoms with Gasteiger partial charge in [0.05, 0.1) is 24.7 Å². The number of ether oxygens (including phenoxy) is 4. The van der Waals surface area contributed by atoms with E-state index in [0.29, 0.717) is 12.0 Å². The third kappa shape index (κ3) is 2.71. The molecule has 4 rings (SSSR count). The van der Waals surface area contributed by atoms with E-state index in [4.69, 9.17) is 24.1 Å². The van der Waals surface area contributed by atoms with E-state index >= 15 is 0 Å². The number of carbonyl (C=O) groups excluding carboxylic acids is 3. The molecule has 0 unspecified atom stereocenters. The van der Waals surface area contributed by atoms with Gasteiger partial charge in [0, 0.05) is 17.9 Å². The average molecular weight is 406 g/mol. The average Bonchev–Trinajstić information content (AvgIpc) is 3.24. The van der Waals surface area contributed by atoms with Crippen molar-refractivity contribution in [1.82, 2.24) is 0 Å². The SMILES string of the molecule is C=C(CO)C(=O)O[C@H]1CC(=C)[C@@H]2C[C@@H]3OC(=O)O[C@]3(CO)[C@@H]2[C@H]2OC(=O)C(=C)[C@@H]21. The van der Waals surface area contributed by atoms with Crippen molar-refractivity contribution in [1.29, 1.82) is 0 Å². The molecule has 29 heavy (non-hydrogen) atoms. The fourth-order valence-corrected chi connectivity index (χ4v) is 5.15. The summed E-state index contributed by atoms with van der Waals surface area (Å²) in [7, 11) is 0. The van der Waals surface area contributed by atoms with Crippen LogP contribution in [-0.2, 0) is 28.5 Å². The number of hydrogen-bond acceptors (Lipinski definition) is 9. The maximum Gasteiger partial charge on any atom is 0.509 e. The molecule has 2 saturated heterocycles. The van der Waals surface area contributed by atoms with Crippen molar-refractivity contribution in [3.8, 4) is 0 Å². The number of esters is 2. The molecule has 4 fully saturated rings. The second-order valence-electron chi connectivity index (χ2n) is 7.93. The summed E-state index contributed by atoms with van der Waals surface area (Å²) >= 11 is 0. The van der Waals surface area contributed by atoms with Gasteiger partial charge in [-0.2, -0.15) is 0 Å². The summed E-state index contributed by atoms with van der Waals surface area (Å²) in [6, 6.07) is 0. The van der Waals surface area contributed by atoms with Crippen LogP contribution in [0.25, 0.3) is 0 Å². The van der Waals surface area contributed by atoms with Crippen molar-refractivity contribution >= 4 is 18.1 Å². The Hall–Kier alpha value is -2.65. The zero-order valence-corrected chi connectivity index (χ0v) is 15.7. The van der Waals surface area contributed by atoms with Gasteiger partial charge in [-0.05, 0) is 12.3 Å². The maximum absolute atomic E-state index is 12.3. The van der Waals surface area contributed by atoms with Gasteiger partial charge in [-0.15, -0.1) is 0 Å². The highest BCUT2D eigenvalue weighted by molar-refractivity contribution is 5.92. The van der Waals surface area contributed by atoms with E-state index in [-0.39, 0.29) is 23.5 Å². The van der Waals surface area contributed by atoms with E-state index in [1.807, 2.05) is 0 Å². The number of fused-ring (bicyclic) bond motifs is 5. The van der Waals surface area contributed by atoms with Gasteiger partial charge in [-0.3, -0.25) is 0 Å². The molecule has 0 aromatic heterocycles. The molecule has 0 aromatic carbocycles. The van der Waals surface area contributed by atoms with Crippen molar-refractivity contribution in [3.63, 3.8) is 0 Å². The van der Waals surface area contributed by atoms with Crippen molar-refractivity contribution < 1.29 is 43.5 Å². The van der Waals surface area contributed by atoms with Gasteiger partial charge in [-0.25, -0.2) is 14.4 Å². The van der Waals surface area contributed by atoms with Crippen molar-refractivity contribution in [2.24, 2.45) is 17.8 Å². The summed E-state index contributed by atoms with van der Waals surface area (Å²) in [6.45, 7) is 10.3. The number of rotatable bonds is 4. The Labute approximate surface area is 166 Å². The number of aliphatic hydroxyl groups excluding tert-OH is 2. The summed E-state index contributed by atoms with van der Waals surface area (Å²) in [5.74, 6) is -3.10. The van der Waals surface area contributed by atoms with E-state index in [9.17, 15) is 19.5 Å². The van der Waals surface area contributed by atoms with E-state index in [1.165, 1.54) is 0 Å². The van der Waals surface area contributed by atoms with Crippen LogP contribution < -0.4 is 0 Å². The summed E-state index contributed by atoms with van der Waals surface area (Å²) < 4.78 is 21.8. The smallest absolute Gasteiger partial charge is 0.458 e. The van der Waals surface area contributed by atoms with Crippen molar-refractivity contribution in [3.05, 3.63) is 36.5 Å². The van der Waals surface area contributed by atoms with Crippen LogP contribution in [0.1, 0.15) is 12.8 Å². The molecule has 2 heterocycles. The first-order valence-corrected chi connectivity index (χ1v) is 9.31. The predicted octanol–water partition coefficient (Wildman–Crippen LogP) is 0.407. The van der Waals surface area contributed by atoms with Crippen LogP contribution in [0.4, 0.5) is 4.79 Å². The van der Waals surface area contributed by atoms with E-state index in [0.717, 1.165) is 0 Å². The molecule has 9 heteroatoms. The number of hydrogen-bond donors (Lipinski definition) is 2. The van der Waals surface area contributed by atoms with Gasteiger partial charge in [-0.1, -0.05) is 25.3 Å². The summed E-state index contributed by atoms with van der Waals surface area (Å²) in [5.41, 5.74) is -0.691. The summed E-state index contributed by atoms with van der Waals surface area (Å²) in [4.78, 5) is 36.4. The Morgan fingerprint density at radius 2 is 1.97 bits per heavy atom. The summed E-state index contributed by atoms with van der Waals surface area (Å²) in [5, 5.41) is 19.3. The highest BCUT2D eigenvalue weighted by Gasteiger charge is 2.70. The van der Waals surface area contributed by atoms with Crippen molar-refractivity contribution in [2.75, 3.05) is 13.2 Å². The number of carbonyl (C=O) groups is 3. The molecule has 0 bridgehead atoms. The fraction of sp³-hybridized carbons (Fsp3) is 0.550. The topological polar surface area (TPSA) is 129 Å². The second-order valence-corrected chi connectivity index (χ2v) is 7.93. The van der Waals surface area contributed by atoms with Crippen LogP contribution in [0.5, 0.6) is 0 Å². The van der Waals surface area contributed by atoms with Crippen molar-refractivity contribution in [2.45, 2.75) is 36.8 Å². The van der Waals surface area contributed by atoms with Crippen LogP contribution in [0.2, 0.25) is 0 Å². The third-order valence-corrected chi connectivity index (χ3v) is 6.51. The minimum Gasteiger partial charge on any atom is -0.458 e. The molecule has 2 N–H and O–H groups in total. The van der Waals surface area contributed by atoms with Crippen LogP contribution in [-0.4, -0.2) is 65.4 Å². The first-order valence-electron chi connectivity index (χ1n) is 9.31. The molecule has 7 atom stereocenters. The first-order chi connectivity index (χ1) is 13.7. The molecule has 2 aliphatic heterocycles. The molecule has 0 radical (unpaired) electrons. The molecule has 0 amide bonds. The summed E-state index contributed by atoms with van der Waals surface area (Å²) in [6.07, 6.45) is -2.73. The normalized spacial score (nSPS) is 40.2. The lowest BCUT2D eigenvalue weighted by atomic mass is 9.76. The lowest BCUT2D eigenvalue weighted by Gasteiger charge is -2.36. The van der Waals surface area contributed by atoms with Crippen LogP contribution in [0, 0.1) is 17.8 Å². The minimum atomic E-state index is -1.38. The van der Waals surface area contributed by atoms with Gasteiger partial charge < -0.3 is 29.2 Å². The van der Waals surface area contributed by atoms with Crippen LogP contribution >= 0.6 is 0 Å². The zero-order chi connectivity index (χ0) is 21.1. The van der Waals surface area contributed by atoms with Gasteiger partial charge in [0.15, 0.2) is 5.60 Å². The molecule has 0 aromatic rings. The lowest BCUT2D eigenvalue weighted by molar-refractivity contribution is -0.154. The van der Waals surface area contributed by atoms with E-state index in [1.54, 1.807) is 0 Å². The molecule has 0 spiro atoms. The Balaban J connectivity index is 1.75. The van der Waals surface area contributed by atoms with Crippen LogP contribution in [0.3, 0.4) is 0 Å². The van der Waals surface area contributed by atoms with Crippen LogP contribution in [0.15, 0.2) is 36.5 Å². The maximum atomic E-state index is 12.3. The Morgan fingerprint density at radius 1 is 1.24 bits per heavy atom. The Kier molecular flexibility index (Phi) is 4.54. The van der Waals surface area contributed by atoms with E-state index < -0.39 is 67.1 Å². The highest BCUT2D eigenvalue weighted by Crippen LogP contribution is 2.58. The molecule has 4 aliphatic rings. The zero-order valence-electron chi connectivity index (χ0n) is 15.7. The van der Waals surface area contributed by atoms with E-state index in [2.05, 4.69) is 19.7 Å². The second kappa shape index (κ2) is 6.70. The lowest BCUT2D eigenvalue weighted by Crippen LogP contribution is -2.52. The molecular formula is C20H22O9. The predicted molar refractivity (Wildman–Crippen MR) is 95.1 cm³/mol. The Morgan fingerprint density at radius 3 is 2.62 bits per heavy atom. The fourth-order valence-electron chi connectivity index (χ4n) is 5.15. The standard InChI is InChI=1S/C20H22O9/c1-8-4-12(26-17(23)9(2)6-21)14-10(3)18(24)28-16(14)15-11(8)5-13-20(15,7-22)29-19(25)27-13/h11-16,21-22H,1-7H2/t11-,12-,13-,14+,15-,16-,20-/m0/s1. The van der Waals surface area contributed by atoms with Gasteiger partial charge in [0.1, 0.15) is 18.3 Å². The first kappa shape index (κ1) is 19.7. The largest absolute Gasteiger partial charge is 0.509 e. The quantitative estimate of drug-likeness (QED) is 0.295. The van der Waals surface area contributed by atoms with Gasteiger partial charge in [0.25, 0.3) is 0 Å². The van der Waals surface area contributed by atoms with Gasteiger partial charge >= 0.3 is 18.1 Å². The molecule has 9 nitrogen and oxygen atoms in total. The molecule has 2 saturated carbocycles. The Bertz CT molecular complexity index is 830. The molecule has 2 aliphatic carbocycles. The van der Waals surface area contributed by atoms with Gasteiger partial charge in [0.2, 0.25) is 0 Å². The molecular weight excluding hydrogens is 384 g/mol. The monoisotopic (exact) mass is 406 g/mol. The third-order valence-electron chi connectivity index (χ3n) is 6.51.